The topological polar surface area (TPSA) is 277 Å². The number of benzene rings is 3. The van der Waals surface area contributed by atoms with E-state index in [9.17, 15) is 47.9 Å². The molecule has 16 nitrogen and oxygen atoms in total. The molecule has 0 spiro atoms. The van der Waals surface area contributed by atoms with Crippen molar-refractivity contribution in [2.24, 2.45) is 10.2 Å². The van der Waals surface area contributed by atoms with Crippen molar-refractivity contribution in [3.8, 4) is 5.75 Å². The Bertz CT molecular complexity index is 1900. The van der Waals surface area contributed by atoms with Crippen LogP contribution in [0.25, 0.3) is 10.8 Å². The Balaban J connectivity index is 2.13. The van der Waals surface area contributed by atoms with Gasteiger partial charge in [-0.1, -0.05) is 12.1 Å². The zero-order valence-electron chi connectivity index (χ0n) is 18.5. The van der Waals surface area contributed by atoms with Gasteiger partial charge in [0.2, 0.25) is 0 Å². The zero-order chi connectivity index (χ0) is 28.7. The van der Waals surface area contributed by atoms with E-state index >= 15 is 0 Å². The van der Waals surface area contributed by atoms with Crippen molar-refractivity contribution in [1.82, 2.24) is 0 Å². The van der Waals surface area contributed by atoms with E-state index in [1.807, 2.05) is 0 Å². The third-order valence-electron chi connectivity index (χ3n) is 4.82. The fraction of sp³-hybridized carbons (Fsp3) is 0.111. The van der Waals surface area contributed by atoms with E-state index in [0.29, 0.717) is 6.07 Å². The Morgan fingerprint density at radius 3 is 1.97 bits per heavy atom. The van der Waals surface area contributed by atoms with E-state index in [-0.39, 0.29) is 16.5 Å². The average molecular weight is 612 g/mol. The Morgan fingerprint density at radius 2 is 1.39 bits per heavy atom. The van der Waals surface area contributed by atoms with Gasteiger partial charge in [-0.3, -0.25) is 13.7 Å². The summed E-state index contributed by atoms with van der Waals surface area (Å²) in [7, 11) is -19.4. The van der Waals surface area contributed by atoms with Gasteiger partial charge in [-0.15, -0.1) is 10.2 Å². The molecule has 206 valence electrons. The molecule has 0 atom stereocenters. The lowest BCUT2D eigenvalue weighted by Crippen LogP contribution is -2.16. The van der Waals surface area contributed by atoms with E-state index in [1.165, 1.54) is 18.2 Å². The number of fused-ring (bicyclic) bond motifs is 1. The molecule has 0 aromatic heterocycles. The van der Waals surface area contributed by atoms with Gasteiger partial charge < -0.3 is 10.8 Å². The van der Waals surface area contributed by atoms with Crippen LogP contribution in [-0.2, 0) is 44.7 Å². The highest BCUT2D eigenvalue weighted by atomic mass is 32.3. The van der Waals surface area contributed by atoms with Gasteiger partial charge in [-0.25, -0.2) is 12.6 Å². The lowest BCUT2D eigenvalue weighted by atomic mass is 10.1. The predicted octanol–water partition coefficient (Wildman–Crippen LogP) is 1.63. The Hall–Kier alpha value is -3.24. The minimum Gasteiger partial charge on any atom is -0.507 e. The van der Waals surface area contributed by atoms with Crippen LogP contribution in [0.15, 0.2) is 67.4 Å². The van der Waals surface area contributed by atoms with Gasteiger partial charge in [0.05, 0.1) is 28.3 Å². The van der Waals surface area contributed by atoms with E-state index in [1.54, 1.807) is 0 Å². The highest BCUT2D eigenvalue weighted by molar-refractivity contribution is 7.91. The molecule has 20 heteroatoms. The summed E-state index contributed by atoms with van der Waals surface area (Å²) >= 11 is 0. The molecule has 3 rings (SSSR count). The third-order valence-corrected chi connectivity index (χ3v) is 8.73. The number of anilines is 1. The van der Waals surface area contributed by atoms with Crippen LogP contribution in [0, 0.1) is 0 Å². The molecule has 0 aliphatic rings. The van der Waals surface area contributed by atoms with Gasteiger partial charge in [-0.05, 0) is 30.3 Å². The molecule has 0 bridgehead atoms. The van der Waals surface area contributed by atoms with E-state index in [2.05, 4.69) is 14.4 Å². The minimum atomic E-state index is -5.14. The number of aromatic hydroxyl groups is 1. The van der Waals surface area contributed by atoms with Crippen molar-refractivity contribution in [3.05, 3.63) is 42.5 Å². The Kier molecular flexibility index (Phi) is 7.83. The first-order chi connectivity index (χ1) is 17.3. The summed E-state index contributed by atoms with van der Waals surface area (Å²) in [5, 5.41) is 17.0. The maximum absolute atomic E-state index is 12.4. The lowest BCUT2D eigenvalue weighted by Gasteiger charge is -2.11. The fourth-order valence-electron chi connectivity index (χ4n) is 3.18. The number of phenols is 1. The lowest BCUT2D eigenvalue weighted by molar-refractivity contribution is 0.284. The molecule has 0 aliphatic heterocycles. The van der Waals surface area contributed by atoms with Gasteiger partial charge in [0.1, 0.15) is 26.9 Å². The van der Waals surface area contributed by atoms with Crippen molar-refractivity contribution >= 4 is 68.3 Å². The molecule has 0 aliphatic carbocycles. The monoisotopic (exact) mass is 611 g/mol. The molecule has 0 unspecified atom stereocenters. The van der Waals surface area contributed by atoms with Gasteiger partial charge in [0.25, 0.3) is 20.2 Å². The molecule has 3 aromatic carbocycles. The highest BCUT2D eigenvalue weighted by Gasteiger charge is 2.24. The van der Waals surface area contributed by atoms with Crippen molar-refractivity contribution in [2.75, 3.05) is 18.1 Å². The number of hydrogen-bond donors (Lipinski definition) is 5. The SMILES string of the molecule is Nc1c(N=Nc2ccc(S(=O)(=O)CCOS(=O)(=O)O)cc2S(=O)(=O)O)cc(S(=O)(=O)O)c2cccc(O)c12. The number of hydrogen-bond acceptors (Lipinski definition) is 13. The standard InChI is InChI=1S/C18H17N3O13S4/c19-18-13(9-15(36(25,26)27)11-2-1-3-14(22)17(11)18)21-20-12-5-4-10(8-16(12)37(28,29)30)35(23,24)7-6-34-38(31,32)33/h1-5,8-9,22H,6-7,19H2,(H,25,26,27)(H,28,29,30)(H,31,32,33). The maximum atomic E-state index is 12.4. The predicted molar refractivity (Wildman–Crippen MR) is 130 cm³/mol. The number of phenolic OH excluding ortho intramolecular Hbond substituents is 1. The molecule has 6 N–H and O–H groups in total. The second kappa shape index (κ2) is 10.1. The summed E-state index contributed by atoms with van der Waals surface area (Å²) in [4.78, 5) is -2.47. The normalized spacial score (nSPS) is 13.3. The molecule has 0 saturated carbocycles. The number of sulfone groups is 1. The fourth-order valence-corrected chi connectivity index (χ4v) is 6.13. The van der Waals surface area contributed by atoms with Gasteiger partial charge in [0.15, 0.2) is 9.84 Å². The van der Waals surface area contributed by atoms with Crippen molar-refractivity contribution in [2.45, 2.75) is 14.7 Å². The number of rotatable bonds is 9. The number of nitrogens with zero attached hydrogens (tertiary/aromatic N) is 2. The second-order valence-corrected chi connectivity index (χ2v) is 13.3. The molecule has 0 fully saturated rings. The summed E-state index contributed by atoms with van der Waals surface area (Å²) in [6.45, 7) is -1.01. The maximum Gasteiger partial charge on any atom is 0.397 e. The van der Waals surface area contributed by atoms with Crippen molar-refractivity contribution < 1.29 is 56.6 Å². The van der Waals surface area contributed by atoms with Crippen LogP contribution < -0.4 is 5.73 Å². The molecule has 0 amide bonds. The molecule has 0 radical (unpaired) electrons. The summed E-state index contributed by atoms with van der Waals surface area (Å²) < 4.78 is 125. The second-order valence-electron chi connectivity index (χ2n) is 7.36. The molecule has 0 heterocycles. The Morgan fingerprint density at radius 1 is 0.789 bits per heavy atom. The number of nitrogen functional groups attached to an aromatic ring is 1. The number of nitrogens with two attached hydrogens (primary N) is 1. The Labute approximate surface area is 215 Å². The third kappa shape index (κ3) is 6.60. The van der Waals surface area contributed by atoms with Crippen LogP contribution in [0.3, 0.4) is 0 Å². The zero-order valence-corrected chi connectivity index (χ0v) is 21.8. The summed E-state index contributed by atoms with van der Waals surface area (Å²) in [5.41, 5.74) is 4.56. The van der Waals surface area contributed by atoms with E-state index in [0.717, 1.165) is 18.2 Å². The van der Waals surface area contributed by atoms with Crippen molar-refractivity contribution in [3.63, 3.8) is 0 Å². The van der Waals surface area contributed by atoms with E-state index < -0.39 is 84.6 Å². The minimum absolute atomic E-state index is 0.157. The molecular formula is C18H17N3O13S4. The first-order valence-electron chi connectivity index (χ1n) is 9.71. The van der Waals surface area contributed by atoms with Gasteiger partial charge in [0, 0.05) is 5.39 Å². The molecular weight excluding hydrogens is 594 g/mol. The first kappa shape index (κ1) is 29.3. The largest absolute Gasteiger partial charge is 0.507 e. The first-order valence-corrected chi connectivity index (χ1v) is 15.6. The van der Waals surface area contributed by atoms with Crippen LogP contribution >= 0.6 is 0 Å². The molecule has 3 aromatic rings. The quantitative estimate of drug-likeness (QED) is 0.131. The number of azo groups is 1. The van der Waals surface area contributed by atoms with Crippen molar-refractivity contribution in [1.29, 1.82) is 0 Å². The van der Waals surface area contributed by atoms with Crippen LogP contribution in [0.4, 0.5) is 17.1 Å². The highest BCUT2D eigenvalue weighted by Crippen LogP contribution is 2.41. The van der Waals surface area contributed by atoms with Crippen LogP contribution in [0.5, 0.6) is 5.75 Å². The van der Waals surface area contributed by atoms with Gasteiger partial charge >= 0.3 is 10.4 Å². The van der Waals surface area contributed by atoms with Crippen LogP contribution in [0.2, 0.25) is 0 Å². The van der Waals surface area contributed by atoms with Gasteiger partial charge in [-0.2, -0.15) is 25.3 Å². The smallest absolute Gasteiger partial charge is 0.397 e. The van der Waals surface area contributed by atoms with Crippen LogP contribution in [0.1, 0.15) is 0 Å². The summed E-state index contributed by atoms with van der Waals surface area (Å²) in [6.07, 6.45) is 0. The summed E-state index contributed by atoms with van der Waals surface area (Å²) in [5.74, 6) is -1.48. The van der Waals surface area contributed by atoms with Crippen LogP contribution in [-0.4, -0.2) is 64.8 Å². The molecule has 0 saturated heterocycles. The van der Waals surface area contributed by atoms with E-state index in [4.69, 9.17) is 10.3 Å². The summed E-state index contributed by atoms with van der Waals surface area (Å²) in [6, 6.07) is 6.63. The average Bonchev–Trinajstić information content (AvgIpc) is 2.76. The molecule has 38 heavy (non-hydrogen) atoms.